The minimum atomic E-state index is -4.59. The number of unbranched alkanes of at least 4 members (excludes halogenated alkanes) is 22. The fraction of sp³-hybridized carbons (Fsp3) is 0.841. The molecule has 0 rings (SSSR count). The van der Waals surface area contributed by atoms with E-state index in [4.69, 9.17) is 9.05 Å². The molecule has 3 unspecified atom stereocenters. The number of allylic oxidation sites excluding steroid dienone is 5. The van der Waals surface area contributed by atoms with Gasteiger partial charge in [0.05, 0.1) is 39.9 Å². The van der Waals surface area contributed by atoms with Gasteiger partial charge in [0, 0.05) is 6.42 Å². The Labute approximate surface area is 327 Å². The number of aliphatic hydroxyl groups excluding tert-OH is 1. The number of likely N-dealkylation sites (N-methyl/N-ethyl adjacent to an activating group) is 1. The van der Waals surface area contributed by atoms with Crippen LogP contribution in [0.5, 0.6) is 0 Å². The van der Waals surface area contributed by atoms with E-state index < -0.39 is 26.6 Å². The number of nitrogens with zero attached hydrogens (tertiary/aromatic N) is 1. The Bertz CT molecular complexity index is 964. The lowest BCUT2D eigenvalue weighted by atomic mass is 10.0. The van der Waals surface area contributed by atoms with Crippen LogP contribution in [0.15, 0.2) is 36.5 Å². The molecular formula is C44H85N2O6P. The van der Waals surface area contributed by atoms with Crippen molar-refractivity contribution in [3.05, 3.63) is 36.5 Å². The number of quaternary nitrogens is 1. The second-order valence-electron chi connectivity index (χ2n) is 16.0. The first kappa shape index (κ1) is 51.7. The molecule has 312 valence electrons. The van der Waals surface area contributed by atoms with Gasteiger partial charge in [0.15, 0.2) is 0 Å². The Morgan fingerprint density at radius 1 is 0.642 bits per heavy atom. The van der Waals surface area contributed by atoms with Crippen molar-refractivity contribution in [3.63, 3.8) is 0 Å². The van der Waals surface area contributed by atoms with Crippen LogP contribution in [0.25, 0.3) is 0 Å². The lowest BCUT2D eigenvalue weighted by Crippen LogP contribution is -2.45. The normalized spacial score (nSPS) is 14.8. The molecule has 53 heavy (non-hydrogen) atoms. The number of hydrogen-bond acceptors (Lipinski definition) is 6. The van der Waals surface area contributed by atoms with Crippen molar-refractivity contribution in [2.24, 2.45) is 0 Å². The van der Waals surface area contributed by atoms with E-state index >= 15 is 0 Å². The van der Waals surface area contributed by atoms with Crippen LogP contribution in [-0.2, 0) is 18.4 Å². The molecule has 0 aromatic carbocycles. The molecule has 0 aliphatic heterocycles. The highest BCUT2D eigenvalue weighted by atomic mass is 31.2. The number of phosphoric acid groups is 1. The van der Waals surface area contributed by atoms with Crippen molar-refractivity contribution in [1.29, 1.82) is 0 Å². The Hall–Kier alpha value is -1.28. The number of carbonyl (C=O) groups excluding carboxylic acids is 1. The minimum Gasteiger partial charge on any atom is -0.756 e. The van der Waals surface area contributed by atoms with E-state index in [-0.39, 0.29) is 12.5 Å². The zero-order chi connectivity index (χ0) is 39.3. The number of aliphatic hydroxyl groups is 1. The van der Waals surface area contributed by atoms with Gasteiger partial charge < -0.3 is 28.8 Å². The van der Waals surface area contributed by atoms with E-state index in [1.807, 2.05) is 27.2 Å². The average Bonchev–Trinajstić information content (AvgIpc) is 3.10. The van der Waals surface area contributed by atoms with Crippen molar-refractivity contribution >= 4 is 13.7 Å². The van der Waals surface area contributed by atoms with Gasteiger partial charge in [0.2, 0.25) is 5.91 Å². The maximum atomic E-state index is 12.8. The second kappa shape index (κ2) is 36.4. The van der Waals surface area contributed by atoms with Crippen molar-refractivity contribution in [1.82, 2.24) is 5.32 Å². The number of rotatable bonds is 39. The zero-order valence-corrected chi connectivity index (χ0v) is 36.1. The van der Waals surface area contributed by atoms with Gasteiger partial charge in [-0.05, 0) is 57.8 Å². The lowest BCUT2D eigenvalue weighted by molar-refractivity contribution is -0.870. The molecule has 8 nitrogen and oxygen atoms in total. The van der Waals surface area contributed by atoms with E-state index in [2.05, 4.69) is 43.5 Å². The van der Waals surface area contributed by atoms with Crippen molar-refractivity contribution in [3.8, 4) is 0 Å². The molecule has 0 radical (unpaired) electrons. The molecule has 0 saturated carbocycles. The highest BCUT2D eigenvalue weighted by molar-refractivity contribution is 7.45. The smallest absolute Gasteiger partial charge is 0.268 e. The summed E-state index contributed by atoms with van der Waals surface area (Å²) in [6.45, 7) is 4.58. The number of amides is 1. The summed E-state index contributed by atoms with van der Waals surface area (Å²) in [5.41, 5.74) is 0. The van der Waals surface area contributed by atoms with Crippen molar-refractivity contribution < 1.29 is 32.9 Å². The predicted molar refractivity (Wildman–Crippen MR) is 224 cm³/mol. The van der Waals surface area contributed by atoms with Gasteiger partial charge in [0.25, 0.3) is 7.82 Å². The van der Waals surface area contributed by atoms with Gasteiger partial charge in [-0.15, -0.1) is 0 Å². The van der Waals surface area contributed by atoms with Crippen LogP contribution in [0, 0.1) is 0 Å². The summed E-state index contributed by atoms with van der Waals surface area (Å²) in [5.74, 6) is -0.219. The monoisotopic (exact) mass is 769 g/mol. The van der Waals surface area contributed by atoms with Crippen molar-refractivity contribution in [2.75, 3.05) is 40.9 Å². The van der Waals surface area contributed by atoms with Crippen LogP contribution in [-0.4, -0.2) is 68.5 Å². The largest absolute Gasteiger partial charge is 0.756 e. The Morgan fingerprint density at radius 3 is 1.57 bits per heavy atom. The van der Waals surface area contributed by atoms with Gasteiger partial charge in [-0.1, -0.05) is 159 Å². The average molecular weight is 769 g/mol. The fourth-order valence-electron chi connectivity index (χ4n) is 6.04. The molecule has 0 fully saturated rings. The Kier molecular flexibility index (Phi) is 35.5. The van der Waals surface area contributed by atoms with Gasteiger partial charge in [-0.2, -0.15) is 0 Å². The summed E-state index contributed by atoms with van der Waals surface area (Å²) in [6.07, 6.45) is 43.4. The third-order valence-corrected chi connectivity index (χ3v) is 10.5. The van der Waals surface area contributed by atoms with E-state index in [0.29, 0.717) is 17.4 Å². The molecule has 0 aromatic heterocycles. The van der Waals surface area contributed by atoms with E-state index in [9.17, 15) is 19.4 Å². The van der Waals surface area contributed by atoms with Crippen LogP contribution >= 0.6 is 7.82 Å². The van der Waals surface area contributed by atoms with Gasteiger partial charge in [-0.3, -0.25) is 9.36 Å². The van der Waals surface area contributed by atoms with Gasteiger partial charge in [-0.25, -0.2) is 0 Å². The Morgan fingerprint density at radius 2 is 1.06 bits per heavy atom. The molecule has 0 spiro atoms. The third kappa shape index (κ3) is 38.8. The maximum absolute atomic E-state index is 12.8. The minimum absolute atomic E-state index is 0.00805. The molecule has 0 aliphatic rings. The quantitative estimate of drug-likeness (QED) is 0.0279. The van der Waals surface area contributed by atoms with E-state index in [1.54, 1.807) is 6.08 Å². The van der Waals surface area contributed by atoms with Crippen LogP contribution in [0.1, 0.15) is 187 Å². The molecular weight excluding hydrogens is 683 g/mol. The third-order valence-electron chi connectivity index (χ3n) is 9.57. The highest BCUT2D eigenvalue weighted by Crippen LogP contribution is 2.38. The fourth-order valence-corrected chi connectivity index (χ4v) is 6.77. The topological polar surface area (TPSA) is 108 Å². The van der Waals surface area contributed by atoms with Crippen LogP contribution in [0.3, 0.4) is 0 Å². The number of nitrogens with one attached hydrogen (secondary N) is 1. The predicted octanol–water partition coefficient (Wildman–Crippen LogP) is 11.3. The SMILES string of the molecule is CCCCC/C=C\CCCCCCCC(=O)NC(COP(=O)([O-])OCC[N+](C)(C)C)C(O)/C=C/CC/C=C/CCCCCCCCCCCCCCC. The van der Waals surface area contributed by atoms with Crippen LogP contribution < -0.4 is 10.2 Å². The summed E-state index contributed by atoms with van der Waals surface area (Å²) in [6, 6.07) is -0.904. The van der Waals surface area contributed by atoms with Gasteiger partial charge >= 0.3 is 0 Å². The summed E-state index contributed by atoms with van der Waals surface area (Å²) >= 11 is 0. The zero-order valence-electron chi connectivity index (χ0n) is 35.2. The molecule has 1 amide bonds. The molecule has 0 heterocycles. The number of hydrogen-bond donors (Lipinski definition) is 2. The Balaban J connectivity index is 4.48. The van der Waals surface area contributed by atoms with E-state index in [0.717, 1.165) is 57.8 Å². The van der Waals surface area contributed by atoms with Gasteiger partial charge in [0.1, 0.15) is 13.2 Å². The van der Waals surface area contributed by atoms with Crippen molar-refractivity contribution in [2.45, 2.75) is 199 Å². The lowest BCUT2D eigenvalue weighted by Gasteiger charge is -2.29. The van der Waals surface area contributed by atoms with Crippen LogP contribution in [0.4, 0.5) is 0 Å². The number of carbonyl (C=O) groups is 1. The molecule has 9 heteroatoms. The summed E-state index contributed by atoms with van der Waals surface area (Å²) in [7, 11) is 1.24. The maximum Gasteiger partial charge on any atom is 0.268 e. The van der Waals surface area contributed by atoms with Crippen LogP contribution in [0.2, 0.25) is 0 Å². The van der Waals surface area contributed by atoms with E-state index in [1.165, 1.54) is 109 Å². The molecule has 0 aliphatic carbocycles. The first-order valence-electron chi connectivity index (χ1n) is 21.9. The first-order valence-corrected chi connectivity index (χ1v) is 23.3. The summed E-state index contributed by atoms with van der Waals surface area (Å²) in [4.78, 5) is 25.2. The standard InChI is InChI=1S/C44H85N2O6P/c1-6-8-10-12-14-16-18-20-21-22-23-24-25-26-27-29-31-33-35-37-43(47)42(41-52-53(49,50)51-40-39-46(3,4)5)45-44(48)38-36-34-32-30-28-19-17-15-13-11-9-7-2/h15,17,27,29,35,37,42-43,47H,6-14,16,18-26,28,30-34,36,38-41H2,1-5H3,(H-,45,48,49,50)/b17-15-,29-27+,37-35+. The number of phosphoric ester groups is 1. The summed E-state index contributed by atoms with van der Waals surface area (Å²) in [5, 5.41) is 13.7. The molecule has 2 N–H and O–H groups in total. The molecule has 0 bridgehead atoms. The first-order chi connectivity index (χ1) is 25.5. The summed E-state index contributed by atoms with van der Waals surface area (Å²) < 4.78 is 23.1. The highest BCUT2D eigenvalue weighted by Gasteiger charge is 2.23. The second-order valence-corrected chi connectivity index (χ2v) is 17.4. The molecule has 0 aromatic rings. The molecule has 3 atom stereocenters. The molecule has 0 saturated heterocycles.